The standard InChI is InChI=1S/C66H39N.C54H33N/c1-4-43-10-16-49-34-55(35-50-17-11-44(5-1)61(43)64(49)50)40-22-28-58(29-23-40)67(59-30-24-41(25-31-59)56-36-51-18-12-45-6-2-7-46-13-19-52(37-56)65(51)62(45)46)60-32-26-42(27-33-60)57-38-53-20-14-47-8-3-9-48-15-21-54(39-57)66(53)63(47)48;1-3-9-34(10-4-1)46-25-38-15-19-42-30-49(31-43-20-16-39(26-46)51(38)53(42)43)55(48-24-23-36-13-7-8-14-37(36)29-48)50-32-44-21-17-40-27-47(35-11-5-2-6-12-35)28-41-18-22-45(33-50)54(44)52(40)41/h1-39H;1-33H. The fraction of sp³-hybridized carbons (Fsp3) is 0. The fourth-order valence-corrected chi connectivity index (χ4v) is 20.9. The van der Waals surface area contributed by atoms with Crippen LogP contribution >= 0.6 is 0 Å². The molecule has 0 radical (unpaired) electrons. The molecule has 27 aromatic carbocycles. The summed E-state index contributed by atoms with van der Waals surface area (Å²) in [5.74, 6) is 0. The maximum absolute atomic E-state index is 2.45. The van der Waals surface area contributed by atoms with Gasteiger partial charge in [0.25, 0.3) is 0 Å². The second-order valence-corrected chi connectivity index (χ2v) is 33.5. The Balaban J connectivity index is 0.000000134. The van der Waals surface area contributed by atoms with Crippen molar-refractivity contribution >= 4 is 206 Å². The lowest BCUT2D eigenvalue weighted by Crippen LogP contribution is -2.10. The molecule has 0 N–H and O–H groups in total. The average molecular weight is 1540 g/mol. The van der Waals surface area contributed by atoms with Crippen LogP contribution < -0.4 is 9.80 Å². The molecule has 0 aliphatic rings. The molecule has 0 heterocycles. The van der Waals surface area contributed by atoms with Crippen LogP contribution in [-0.4, -0.2) is 0 Å². The molecule has 0 saturated carbocycles. The van der Waals surface area contributed by atoms with Gasteiger partial charge >= 0.3 is 0 Å². The highest BCUT2D eigenvalue weighted by Gasteiger charge is 2.23. The van der Waals surface area contributed by atoms with E-state index in [0.717, 1.165) is 34.1 Å². The van der Waals surface area contributed by atoms with Gasteiger partial charge in [-0.05, 0) is 361 Å². The van der Waals surface area contributed by atoms with E-state index in [9.17, 15) is 0 Å². The summed E-state index contributed by atoms with van der Waals surface area (Å²) in [5.41, 5.74) is 19.0. The van der Waals surface area contributed by atoms with Crippen molar-refractivity contribution in [3.05, 3.63) is 437 Å². The van der Waals surface area contributed by atoms with Gasteiger partial charge in [0.1, 0.15) is 0 Å². The Bertz CT molecular complexity index is 7880. The predicted molar refractivity (Wildman–Crippen MR) is 525 cm³/mol. The van der Waals surface area contributed by atoms with E-state index in [4.69, 9.17) is 0 Å². The molecule has 0 fully saturated rings. The van der Waals surface area contributed by atoms with Crippen LogP contribution in [0.1, 0.15) is 0 Å². The third-order valence-electron chi connectivity index (χ3n) is 26.5. The quantitative estimate of drug-likeness (QED) is 0.119. The average Bonchev–Trinajstić information content (AvgIpc) is 0.729. The van der Waals surface area contributed by atoms with Gasteiger partial charge in [0.2, 0.25) is 0 Å². The van der Waals surface area contributed by atoms with Gasteiger partial charge in [-0.2, -0.15) is 0 Å². The summed E-state index contributed by atoms with van der Waals surface area (Å²) in [4.78, 5) is 4.84. The summed E-state index contributed by atoms with van der Waals surface area (Å²) in [6.07, 6.45) is 0. The number of rotatable bonds is 11. The fourth-order valence-electron chi connectivity index (χ4n) is 20.9. The summed E-state index contributed by atoms with van der Waals surface area (Å²) < 4.78 is 0. The molecule has 0 spiro atoms. The Kier molecular flexibility index (Phi) is 14.9. The van der Waals surface area contributed by atoms with E-state index in [-0.39, 0.29) is 0 Å². The zero-order chi connectivity index (χ0) is 79.8. The highest BCUT2D eigenvalue weighted by molar-refractivity contribution is 6.29. The molecule has 0 bridgehead atoms. The smallest absolute Gasteiger partial charge is 0.0473 e. The van der Waals surface area contributed by atoms with Crippen LogP contribution in [0, 0.1) is 0 Å². The first-order valence-corrected chi connectivity index (χ1v) is 42.4. The Labute approximate surface area is 703 Å². The van der Waals surface area contributed by atoms with Gasteiger partial charge in [-0.25, -0.2) is 0 Å². The van der Waals surface area contributed by atoms with Crippen LogP contribution in [0.5, 0.6) is 0 Å². The molecule has 0 aromatic heterocycles. The van der Waals surface area contributed by atoms with Crippen molar-refractivity contribution in [3.8, 4) is 55.6 Å². The van der Waals surface area contributed by atoms with Crippen molar-refractivity contribution in [1.29, 1.82) is 0 Å². The van der Waals surface area contributed by atoms with E-state index < -0.39 is 0 Å². The molecule has 0 aliphatic heterocycles. The number of nitrogens with zero attached hydrogens (tertiary/aromatic N) is 2. The highest BCUT2D eigenvalue weighted by Crippen LogP contribution is 2.50. The third-order valence-corrected chi connectivity index (χ3v) is 26.5. The summed E-state index contributed by atoms with van der Waals surface area (Å²) in [6, 6.07) is 163. The molecule has 122 heavy (non-hydrogen) atoms. The molecule has 2 nitrogen and oxygen atoms in total. The summed E-state index contributed by atoms with van der Waals surface area (Å²) in [5, 5.41) is 41.4. The van der Waals surface area contributed by atoms with E-state index in [1.807, 2.05) is 0 Å². The minimum Gasteiger partial charge on any atom is -0.311 e. The molecule has 0 aliphatic carbocycles. The first-order valence-electron chi connectivity index (χ1n) is 42.4. The second-order valence-electron chi connectivity index (χ2n) is 33.5. The SMILES string of the molecule is c1cc2ccc3cc(-c4ccc(N(c5ccc(-c6cc7ccc8cccc9ccc(c6)c7c89)cc5)c5ccc(-c6cc7ccc8cccc9ccc(c6)c7c89)cc5)cc4)cc4ccc(c1)c2c34.c1ccc(-c2cc3ccc4cc(N(c5ccc6ccccc6c5)c5cc6ccc7cc(-c8ccccc8)cc8ccc(c5)c6c78)cc5ccc(c2)c3c45)cc1. The summed E-state index contributed by atoms with van der Waals surface area (Å²) in [7, 11) is 0. The van der Waals surface area contributed by atoms with E-state index in [1.165, 1.54) is 228 Å². The Hall–Kier alpha value is -16.0. The minimum atomic E-state index is 1.10. The summed E-state index contributed by atoms with van der Waals surface area (Å²) in [6.45, 7) is 0. The van der Waals surface area contributed by atoms with E-state index in [2.05, 4.69) is 447 Å². The molecule has 27 aromatic rings. The van der Waals surface area contributed by atoms with Crippen molar-refractivity contribution in [2.24, 2.45) is 0 Å². The topological polar surface area (TPSA) is 6.48 Å². The van der Waals surface area contributed by atoms with Crippen LogP contribution in [0.15, 0.2) is 437 Å². The number of benzene rings is 27. The maximum Gasteiger partial charge on any atom is 0.0473 e. The highest BCUT2D eigenvalue weighted by atomic mass is 15.1. The zero-order valence-electron chi connectivity index (χ0n) is 66.5. The third kappa shape index (κ3) is 10.9. The molecule has 562 valence electrons. The molecule has 0 unspecified atom stereocenters. The van der Waals surface area contributed by atoms with E-state index in [1.54, 1.807) is 0 Å². The molecule has 0 atom stereocenters. The lowest BCUT2D eigenvalue weighted by Gasteiger charge is -2.28. The van der Waals surface area contributed by atoms with Crippen molar-refractivity contribution < 1.29 is 0 Å². The minimum absolute atomic E-state index is 1.10. The van der Waals surface area contributed by atoms with Crippen molar-refractivity contribution in [2.75, 3.05) is 9.80 Å². The molecule has 2 heteroatoms. The number of hydrogen-bond acceptors (Lipinski definition) is 2. The zero-order valence-corrected chi connectivity index (χ0v) is 66.5. The van der Waals surface area contributed by atoms with Crippen LogP contribution in [0.3, 0.4) is 0 Å². The Morgan fingerprint density at radius 2 is 0.262 bits per heavy atom. The molecule has 0 saturated heterocycles. The maximum atomic E-state index is 2.45. The molecule has 0 amide bonds. The van der Waals surface area contributed by atoms with E-state index in [0.29, 0.717) is 0 Å². The van der Waals surface area contributed by atoms with Crippen LogP contribution in [0.4, 0.5) is 34.1 Å². The van der Waals surface area contributed by atoms with Gasteiger partial charge in [0.15, 0.2) is 0 Å². The molecule has 27 rings (SSSR count). The van der Waals surface area contributed by atoms with Gasteiger partial charge in [0, 0.05) is 34.1 Å². The normalized spacial score (nSPS) is 12.1. The van der Waals surface area contributed by atoms with Crippen molar-refractivity contribution in [1.82, 2.24) is 0 Å². The lowest BCUT2D eigenvalue weighted by molar-refractivity contribution is 1.28. The Morgan fingerprint density at radius 3 is 0.525 bits per heavy atom. The van der Waals surface area contributed by atoms with E-state index >= 15 is 0 Å². The first-order chi connectivity index (χ1) is 60.4. The van der Waals surface area contributed by atoms with Gasteiger partial charge in [0.05, 0.1) is 0 Å². The monoisotopic (exact) mass is 1540 g/mol. The van der Waals surface area contributed by atoms with Gasteiger partial charge in [-0.15, -0.1) is 0 Å². The first kappa shape index (κ1) is 68.1. The van der Waals surface area contributed by atoms with Crippen molar-refractivity contribution in [3.63, 3.8) is 0 Å². The lowest BCUT2D eigenvalue weighted by atomic mass is 9.90. The number of fused-ring (bicyclic) bond motifs is 1. The summed E-state index contributed by atoms with van der Waals surface area (Å²) >= 11 is 0. The van der Waals surface area contributed by atoms with Crippen LogP contribution in [0.25, 0.3) is 228 Å². The Morgan fingerprint density at radius 1 is 0.0902 bits per heavy atom. The van der Waals surface area contributed by atoms with Gasteiger partial charge in [-0.3, -0.25) is 0 Å². The van der Waals surface area contributed by atoms with Crippen molar-refractivity contribution in [2.45, 2.75) is 0 Å². The van der Waals surface area contributed by atoms with Crippen LogP contribution in [-0.2, 0) is 0 Å². The van der Waals surface area contributed by atoms with Gasteiger partial charge < -0.3 is 9.80 Å². The number of hydrogen-bond donors (Lipinski definition) is 0. The molecular formula is C120H72N2. The number of anilines is 6. The largest absolute Gasteiger partial charge is 0.311 e. The second kappa shape index (κ2) is 26.8. The van der Waals surface area contributed by atoms with Crippen LogP contribution in [0.2, 0.25) is 0 Å². The molecular weight excluding hydrogens is 1470 g/mol. The van der Waals surface area contributed by atoms with Gasteiger partial charge in [-0.1, -0.05) is 303 Å². The predicted octanol–water partition coefficient (Wildman–Crippen LogP) is 34.3.